The first-order valence-electron chi connectivity index (χ1n) is 9.02. The van der Waals surface area contributed by atoms with Crippen LogP contribution in [0, 0.1) is 11.6 Å². The standard InChI is InChI=1S/C16H14ClF2N5O.C2HF3O2/c17-15-11-8-20-24(13-2-1-10(18)7-12(13)19)16(11)22-14(21-15)9-23-3-5-25-6-4-23;3-2(4,5)1(6)7/h1-2,7-8H,3-6,9H2;(H,6,7). The number of alkyl halides is 3. The maximum absolute atomic E-state index is 14.1. The van der Waals surface area contributed by atoms with Gasteiger partial charge < -0.3 is 9.84 Å². The van der Waals surface area contributed by atoms with E-state index in [0.717, 1.165) is 19.2 Å². The number of halogens is 6. The van der Waals surface area contributed by atoms with Gasteiger partial charge >= 0.3 is 12.1 Å². The largest absolute Gasteiger partial charge is 0.490 e. The number of hydrogen-bond donors (Lipinski definition) is 1. The Morgan fingerprint density at radius 2 is 1.84 bits per heavy atom. The summed E-state index contributed by atoms with van der Waals surface area (Å²) in [5.41, 5.74) is 0.484. The van der Waals surface area contributed by atoms with E-state index < -0.39 is 23.8 Å². The molecule has 32 heavy (non-hydrogen) atoms. The van der Waals surface area contributed by atoms with Crippen LogP contribution in [-0.2, 0) is 16.1 Å². The SMILES string of the molecule is Fc1ccc(-n2ncc3c(Cl)nc(CN4CCOCC4)nc32)c(F)c1.O=C(O)C(F)(F)F. The van der Waals surface area contributed by atoms with E-state index in [-0.39, 0.29) is 10.8 Å². The van der Waals surface area contributed by atoms with Crippen LogP contribution >= 0.6 is 11.6 Å². The lowest BCUT2D eigenvalue weighted by Gasteiger charge is -2.25. The third kappa shape index (κ3) is 5.66. The Bertz CT molecular complexity index is 1120. The normalized spacial score (nSPS) is 14.8. The van der Waals surface area contributed by atoms with Crippen molar-refractivity contribution in [2.45, 2.75) is 12.7 Å². The predicted molar refractivity (Wildman–Crippen MR) is 101 cm³/mol. The smallest absolute Gasteiger partial charge is 0.475 e. The molecular formula is C18H15ClF5N5O3. The van der Waals surface area contributed by atoms with Crippen molar-refractivity contribution in [3.8, 4) is 5.69 Å². The lowest BCUT2D eigenvalue weighted by molar-refractivity contribution is -0.192. The summed E-state index contributed by atoms with van der Waals surface area (Å²) < 4.78 is 65.6. The molecule has 0 unspecified atom stereocenters. The number of aliphatic carboxylic acids is 1. The average Bonchev–Trinajstić information content (AvgIpc) is 3.13. The fourth-order valence-electron chi connectivity index (χ4n) is 2.78. The lowest BCUT2D eigenvalue weighted by Crippen LogP contribution is -2.36. The number of nitrogens with zero attached hydrogens (tertiary/aromatic N) is 5. The van der Waals surface area contributed by atoms with E-state index in [0.29, 0.717) is 36.6 Å². The van der Waals surface area contributed by atoms with Crippen LogP contribution in [0.15, 0.2) is 24.4 Å². The maximum atomic E-state index is 14.1. The fourth-order valence-corrected chi connectivity index (χ4v) is 3.01. The molecule has 1 fully saturated rings. The zero-order valence-electron chi connectivity index (χ0n) is 16.1. The highest BCUT2D eigenvalue weighted by molar-refractivity contribution is 6.33. The van der Waals surface area contributed by atoms with Crippen LogP contribution in [0.2, 0.25) is 5.15 Å². The number of rotatable bonds is 3. The fraction of sp³-hybridized carbons (Fsp3) is 0.333. The molecule has 3 heterocycles. The third-order valence-electron chi connectivity index (χ3n) is 4.28. The highest BCUT2D eigenvalue weighted by atomic mass is 35.5. The Labute approximate surface area is 182 Å². The molecule has 172 valence electrons. The summed E-state index contributed by atoms with van der Waals surface area (Å²) in [4.78, 5) is 19.8. The van der Waals surface area contributed by atoms with E-state index >= 15 is 0 Å². The molecular weight excluding hydrogens is 465 g/mol. The second-order valence-corrected chi connectivity index (χ2v) is 6.87. The summed E-state index contributed by atoms with van der Waals surface area (Å²) in [6.45, 7) is 3.40. The first-order chi connectivity index (χ1) is 15.1. The summed E-state index contributed by atoms with van der Waals surface area (Å²) in [6.07, 6.45) is -3.61. The van der Waals surface area contributed by atoms with Crippen LogP contribution < -0.4 is 0 Å². The summed E-state index contributed by atoms with van der Waals surface area (Å²) in [6, 6.07) is 3.29. The van der Waals surface area contributed by atoms with Crippen molar-refractivity contribution in [3.05, 3.63) is 47.0 Å². The third-order valence-corrected chi connectivity index (χ3v) is 4.57. The van der Waals surface area contributed by atoms with Gasteiger partial charge in [-0.3, -0.25) is 4.90 Å². The molecule has 1 N–H and O–H groups in total. The monoisotopic (exact) mass is 479 g/mol. The van der Waals surface area contributed by atoms with Crippen molar-refractivity contribution in [1.82, 2.24) is 24.6 Å². The van der Waals surface area contributed by atoms with Gasteiger partial charge in [-0.25, -0.2) is 28.2 Å². The molecule has 1 saturated heterocycles. The Morgan fingerprint density at radius 3 is 2.44 bits per heavy atom. The van der Waals surface area contributed by atoms with E-state index in [1.807, 2.05) is 0 Å². The molecule has 1 aliphatic rings. The van der Waals surface area contributed by atoms with Crippen molar-refractivity contribution in [3.63, 3.8) is 0 Å². The highest BCUT2D eigenvalue weighted by Crippen LogP contribution is 2.24. The Kier molecular flexibility index (Phi) is 7.21. The summed E-state index contributed by atoms with van der Waals surface area (Å²) in [5, 5.41) is 12.0. The zero-order chi connectivity index (χ0) is 23.5. The molecule has 0 radical (unpaired) electrons. The molecule has 0 atom stereocenters. The number of ether oxygens (including phenoxy) is 1. The van der Waals surface area contributed by atoms with Crippen molar-refractivity contribution in [2.75, 3.05) is 26.3 Å². The Hall–Kier alpha value is -2.90. The predicted octanol–water partition coefficient (Wildman–Crippen LogP) is 3.21. The lowest BCUT2D eigenvalue weighted by atomic mass is 10.3. The minimum Gasteiger partial charge on any atom is -0.475 e. The number of aromatic nitrogens is 4. The first kappa shape index (κ1) is 23.8. The number of carbonyl (C=O) groups is 1. The minimum atomic E-state index is -5.08. The zero-order valence-corrected chi connectivity index (χ0v) is 16.9. The topological polar surface area (TPSA) is 93.4 Å². The van der Waals surface area contributed by atoms with E-state index in [9.17, 15) is 22.0 Å². The van der Waals surface area contributed by atoms with Gasteiger partial charge in [0.2, 0.25) is 0 Å². The number of fused-ring (bicyclic) bond motifs is 1. The van der Waals surface area contributed by atoms with Crippen molar-refractivity contribution < 1.29 is 36.6 Å². The van der Waals surface area contributed by atoms with Crippen LogP contribution in [0.25, 0.3) is 16.7 Å². The molecule has 8 nitrogen and oxygen atoms in total. The molecule has 2 aromatic heterocycles. The molecule has 0 aliphatic carbocycles. The molecule has 0 saturated carbocycles. The molecule has 4 rings (SSSR count). The van der Waals surface area contributed by atoms with Gasteiger partial charge in [-0.15, -0.1) is 0 Å². The van der Waals surface area contributed by atoms with Crippen LogP contribution in [0.4, 0.5) is 22.0 Å². The Balaban J connectivity index is 0.000000360. The van der Waals surface area contributed by atoms with Gasteiger partial charge in [-0.05, 0) is 12.1 Å². The van der Waals surface area contributed by atoms with E-state index in [2.05, 4.69) is 20.0 Å². The van der Waals surface area contributed by atoms with Crippen LogP contribution in [0.5, 0.6) is 0 Å². The molecule has 14 heteroatoms. The second-order valence-electron chi connectivity index (χ2n) is 6.51. The molecule has 0 bridgehead atoms. The van der Waals surface area contributed by atoms with Crippen LogP contribution in [0.1, 0.15) is 5.82 Å². The van der Waals surface area contributed by atoms with Gasteiger partial charge in [0.25, 0.3) is 0 Å². The van der Waals surface area contributed by atoms with Crippen LogP contribution in [-0.4, -0.2) is 68.2 Å². The van der Waals surface area contributed by atoms with Crippen LogP contribution in [0.3, 0.4) is 0 Å². The van der Waals surface area contributed by atoms with E-state index in [1.165, 1.54) is 23.0 Å². The molecule has 0 spiro atoms. The molecule has 1 aliphatic heterocycles. The van der Waals surface area contributed by atoms with Crippen molar-refractivity contribution in [1.29, 1.82) is 0 Å². The summed E-state index contributed by atoms with van der Waals surface area (Å²) >= 11 is 6.24. The quantitative estimate of drug-likeness (QED) is 0.455. The molecule has 1 aromatic carbocycles. The minimum absolute atomic E-state index is 0.100. The summed E-state index contributed by atoms with van der Waals surface area (Å²) in [7, 11) is 0. The summed E-state index contributed by atoms with van der Waals surface area (Å²) in [5.74, 6) is -3.62. The Morgan fingerprint density at radius 1 is 1.19 bits per heavy atom. The maximum Gasteiger partial charge on any atom is 0.490 e. The first-order valence-corrected chi connectivity index (χ1v) is 9.40. The molecule has 0 amide bonds. The second kappa shape index (κ2) is 9.71. The van der Waals surface area contributed by atoms with Gasteiger partial charge in [-0.1, -0.05) is 11.6 Å². The number of morpholine rings is 1. The number of carboxylic acid groups (broad SMARTS) is 1. The van der Waals surface area contributed by atoms with Gasteiger partial charge in [-0.2, -0.15) is 18.3 Å². The van der Waals surface area contributed by atoms with Gasteiger partial charge in [0.1, 0.15) is 22.5 Å². The van der Waals surface area contributed by atoms with Crippen molar-refractivity contribution >= 4 is 28.6 Å². The van der Waals surface area contributed by atoms with Gasteiger partial charge in [0.15, 0.2) is 11.5 Å². The van der Waals surface area contributed by atoms with E-state index in [4.69, 9.17) is 26.2 Å². The number of carboxylic acids is 1. The number of hydrogen-bond acceptors (Lipinski definition) is 6. The van der Waals surface area contributed by atoms with Gasteiger partial charge in [0, 0.05) is 19.2 Å². The highest BCUT2D eigenvalue weighted by Gasteiger charge is 2.38. The average molecular weight is 480 g/mol. The van der Waals surface area contributed by atoms with E-state index in [1.54, 1.807) is 0 Å². The molecule has 3 aromatic rings. The van der Waals surface area contributed by atoms with Crippen molar-refractivity contribution in [2.24, 2.45) is 0 Å². The van der Waals surface area contributed by atoms with Gasteiger partial charge in [0.05, 0.1) is 31.3 Å². The number of benzene rings is 1.